The van der Waals surface area contributed by atoms with Gasteiger partial charge in [-0.25, -0.2) is 0 Å². The zero-order chi connectivity index (χ0) is 17.1. The summed E-state index contributed by atoms with van der Waals surface area (Å²) in [7, 11) is 3.76. The van der Waals surface area contributed by atoms with Gasteiger partial charge in [0.25, 0.3) is 0 Å². The quantitative estimate of drug-likeness (QED) is 0.795. The molecule has 1 aliphatic carbocycles. The minimum absolute atomic E-state index is 0.120. The number of nitrogens with zero attached hydrogens (tertiary/aromatic N) is 4. The third-order valence-electron chi connectivity index (χ3n) is 5.37. The highest BCUT2D eigenvalue weighted by Gasteiger charge is 2.39. The van der Waals surface area contributed by atoms with E-state index in [9.17, 15) is 9.59 Å². The van der Waals surface area contributed by atoms with Crippen LogP contribution in [0.3, 0.4) is 0 Å². The Morgan fingerprint density at radius 1 is 1.38 bits per heavy atom. The molecule has 2 amide bonds. The Kier molecular flexibility index (Phi) is 5.21. The molecule has 1 aromatic rings. The summed E-state index contributed by atoms with van der Waals surface area (Å²) in [5.74, 6) is 0.139. The van der Waals surface area contributed by atoms with Gasteiger partial charge in [-0.05, 0) is 31.2 Å². The van der Waals surface area contributed by atoms with E-state index < -0.39 is 0 Å². The molecule has 2 aliphatic rings. The molecule has 1 aliphatic heterocycles. The van der Waals surface area contributed by atoms with E-state index in [2.05, 4.69) is 5.10 Å². The van der Waals surface area contributed by atoms with Crippen LogP contribution >= 0.6 is 0 Å². The minimum atomic E-state index is -0.151. The first-order chi connectivity index (χ1) is 11.5. The van der Waals surface area contributed by atoms with Crippen LogP contribution in [-0.4, -0.2) is 57.6 Å². The Labute approximate surface area is 143 Å². The number of rotatable bonds is 6. The van der Waals surface area contributed by atoms with Crippen LogP contribution in [0.2, 0.25) is 0 Å². The molecule has 6 heteroatoms. The molecule has 132 valence electrons. The van der Waals surface area contributed by atoms with Crippen molar-refractivity contribution in [1.29, 1.82) is 0 Å². The van der Waals surface area contributed by atoms with Gasteiger partial charge in [0.15, 0.2) is 0 Å². The van der Waals surface area contributed by atoms with Gasteiger partial charge >= 0.3 is 0 Å². The maximum atomic E-state index is 12.6. The first-order valence-corrected chi connectivity index (χ1v) is 9.06. The predicted octanol–water partition coefficient (Wildman–Crippen LogP) is 1.60. The van der Waals surface area contributed by atoms with Gasteiger partial charge in [-0.15, -0.1) is 0 Å². The summed E-state index contributed by atoms with van der Waals surface area (Å²) in [5.41, 5.74) is 1.20. The largest absolute Gasteiger partial charge is 0.345 e. The molecule has 0 N–H and O–H groups in total. The van der Waals surface area contributed by atoms with E-state index in [4.69, 9.17) is 0 Å². The maximum absolute atomic E-state index is 12.6. The van der Waals surface area contributed by atoms with E-state index in [1.165, 1.54) is 18.4 Å². The fourth-order valence-electron chi connectivity index (χ4n) is 4.01. The molecule has 1 atom stereocenters. The van der Waals surface area contributed by atoms with E-state index >= 15 is 0 Å². The van der Waals surface area contributed by atoms with E-state index in [1.807, 2.05) is 31.4 Å². The van der Waals surface area contributed by atoms with Crippen molar-refractivity contribution in [1.82, 2.24) is 19.6 Å². The number of aromatic nitrogens is 2. The van der Waals surface area contributed by atoms with Crippen molar-refractivity contribution >= 4 is 11.8 Å². The van der Waals surface area contributed by atoms with Crippen LogP contribution in [0.1, 0.15) is 44.1 Å². The molecule has 1 saturated heterocycles. The lowest BCUT2D eigenvalue weighted by Crippen LogP contribution is -2.38. The molecule has 24 heavy (non-hydrogen) atoms. The van der Waals surface area contributed by atoms with Crippen LogP contribution in [-0.2, 0) is 23.1 Å². The normalized spacial score (nSPS) is 21.7. The van der Waals surface area contributed by atoms with E-state index in [0.717, 1.165) is 32.2 Å². The number of hydrogen-bond acceptors (Lipinski definition) is 3. The lowest BCUT2D eigenvalue weighted by molar-refractivity contribution is -0.134. The molecule has 0 radical (unpaired) electrons. The van der Waals surface area contributed by atoms with Gasteiger partial charge in [0.05, 0.1) is 12.1 Å². The summed E-state index contributed by atoms with van der Waals surface area (Å²) in [5, 5.41) is 4.16. The highest BCUT2D eigenvalue weighted by Crippen LogP contribution is 2.30. The fraction of sp³-hybridized carbons (Fsp3) is 0.722. The van der Waals surface area contributed by atoms with Crippen LogP contribution in [0.5, 0.6) is 0 Å². The molecule has 0 bridgehead atoms. The lowest BCUT2D eigenvalue weighted by atomic mass is 10.1. The number of aryl methyl sites for hydroxylation is 2. The third kappa shape index (κ3) is 3.79. The summed E-state index contributed by atoms with van der Waals surface area (Å²) >= 11 is 0. The SMILES string of the molecule is CN(CCCc1cnn(C)c1)C(=O)[C@H]1CC(=O)N(C2CCCC2)C1. The van der Waals surface area contributed by atoms with Crippen LogP contribution in [0, 0.1) is 5.92 Å². The summed E-state index contributed by atoms with van der Waals surface area (Å²) < 4.78 is 1.80. The van der Waals surface area contributed by atoms with Gasteiger partial charge < -0.3 is 9.80 Å². The van der Waals surface area contributed by atoms with Gasteiger partial charge in [-0.3, -0.25) is 14.3 Å². The topological polar surface area (TPSA) is 58.4 Å². The van der Waals surface area contributed by atoms with E-state index in [1.54, 1.807) is 9.58 Å². The van der Waals surface area contributed by atoms with E-state index in [0.29, 0.717) is 19.0 Å². The molecule has 6 nitrogen and oxygen atoms in total. The van der Waals surface area contributed by atoms with Crippen molar-refractivity contribution in [2.45, 2.75) is 51.0 Å². The summed E-state index contributed by atoms with van der Waals surface area (Å²) in [6, 6.07) is 0.381. The second-order valence-corrected chi connectivity index (χ2v) is 7.27. The Morgan fingerprint density at radius 2 is 2.12 bits per heavy atom. The maximum Gasteiger partial charge on any atom is 0.227 e. The molecular formula is C18H28N4O2. The van der Waals surface area contributed by atoms with Crippen molar-refractivity contribution in [3.63, 3.8) is 0 Å². The van der Waals surface area contributed by atoms with Crippen molar-refractivity contribution < 1.29 is 9.59 Å². The average Bonchev–Trinajstić information content (AvgIpc) is 3.27. The Morgan fingerprint density at radius 3 is 2.79 bits per heavy atom. The van der Waals surface area contributed by atoms with Gasteiger partial charge in [-0.1, -0.05) is 12.8 Å². The summed E-state index contributed by atoms with van der Waals surface area (Å²) in [6.45, 7) is 1.34. The third-order valence-corrected chi connectivity index (χ3v) is 5.37. The highest BCUT2D eigenvalue weighted by molar-refractivity contribution is 5.89. The van der Waals surface area contributed by atoms with Crippen molar-refractivity contribution in [3.8, 4) is 0 Å². The number of carbonyl (C=O) groups is 2. The van der Waals surface area contributed by atoms with Crippen molar-refractivity contribution in [2.75, 3.05) is 20.1 Å². The van der Waals surface area contributed by atoms with Crippen LogP contribution in [0.25, 0.3) is 0 Å². The summed E-state index contributed by atoms with van der Waals surface area (Å²) in [4.78, 5) is 28.6. The fourth-order valence-corrected chi connectivity index (χ4v) is 4.01. The van der Waals surface area contributed by atoms with Gasteiger partial charge in [0, 0.05) is 45.8 Å². The molecule has 0 spiro atoms. The average molecular weight is 332 g/mol. The standard InChI is InChI=1S/C18H28N4O2/c1-20(9-5-6-14-11-19-21(2)12-14)18(24)15-10-17(23)22(13-15)16-7-3-4-8-16/h11-12,15-16H,3-10,13H2,1-2H3/t15-/m0/s1. The van der Waals surface area contributed by atoms with Gasteiger partial charge in [0.2, 0.25) is 11.8 Å². The lowest BCUT2D eigenvalue weighted by Gasteiger charge is -2.25. The number of likely N-dealkylation sites (tertiary alicyclic amines) is 1. The second-order valence-electron chi connectivity index (χ2n) is 7.27. The first kappa shape index (κ1) is 17.0. The minimum Gasteiger partial charge on any atom is -0.345 e. The zero-order valence-corrected chi connectivity index (χ0v) is 14.8. The first-order valence-electron chi connectivity index (χ1n) is 9.06. The number of amides is 2. The second kappa shape index (κ2) is 7.36. The van der Waals surface area contributed by atoms with Crippen molar-refractivity contribution in [3.05, 3.63) is 18.0 Å². The van der Waals surface area contributed by atoms with Crippen LogP contribution < -0.4 is 0 Å². The zero-order valence-electron chi connectivity index (χ0n) is 14.8. The Hall–Kier alpha value is -1.85. The molecule has 0 aromatic carbocycles. The number of hydrogen-bond donors (Lipinski definition) is 0. The van der Waals surface area contributed by atoms with Crippen molar-refractivity contribution in [2.24, 2.45) is 13.0 Å². The monoisotopic (exact) mass is 332 g/mol. The molecular weight excluding hydrogens is 304 g/mol. The molecule has 0 unspecified atom stereocenters. The molecule has 2 fully saturated rings. The highest BCUT2D eigenvalue weighted by atomic mass is 16.2. The Balaban J connectivity index is 1.46. The number of carbonyl (C=O) groups excluding carboxylic acids is 2. The molecule has 3 rings (SSSR count). The van der Waals surface area contributed by atoms with Gasteiger partial charge in [0.1, 0.15) is 0 Å². The van der Waals surface area contributed by atoms with Crippen LogP contribution in [0.4, 0.5) is 0 Å². The molecule has 1 aromatic heterocycles. The van der Waals surface area contributed by atoms with Gasteiger partial charge in [-0.2, -0.15) is 5.10 Å². The Bertz CT molecular complexity index is 592. The van der Waals surface area contributed by atoms with E-state index in [-0.39, 0.29) is 17.7 Å². The predicted molar refractivity (Wildman–Crippen MR) is 91.2 cm³/mol. The molecule has 1 saturated carbocycles. The molecule has 2 heterocycles. The van der Waals surface area contributed by atoms with Crippen LogP contribution in [0.15, 0.2) is 12.4 Å². The summed E-state index contributed by atoms with van der Waals surface area (Å²) in [6.07, 6.45) is 10.7. The smallest absolute Gasteiger partial charge is 0.227 e.